The van der Waals surface area contributed by atoms with Crippen LogP contribution in [0.15, 0.2) is 17.1 Å². The molecule has 0 bridgehead atoms. The number of likely N-dealkylation sites (N-methyl/N-ethyl adjacent to an activating group) is 1. The Morgan fingerprint density at radius 3 is 2.29 bits per heavy atom. The maximum Gasteiger partial charge on any atom is 0.198 e. The fourth-order valence-electron chi connectivity index (χ4n) is 3.73. The highest BCUT2D eigenvalue weighted by molar-refractivity contribution is 5.76. The summed E-state index contributed by atoms with van der Waals surface area (Å²) in [7, 11) is 0. The first-order valence-electron chi connectivity index (χ1n) is 10.4. The number of allylic oxidation sites excluding steroid dienone is 2. The molecular formula is C21H41N2O+. The fraction of sp³-hybridized carbons (Fsp3) is 0.857. The van der Waals surface area contributed by atoms with Gasteiger partial charge in [0.05, 0.1) is 19.7 Å². The van der Waals surface area contributed by atoms with Crippen molar-refractivity contribution in [2.24, 2.45) is 4.99 Å². The van der Waals surface area contributed by atoms with E-state index in [4.69, 9.17) is 4.99 Å². The molecule has 1 aliphatic heterocycles. The third-order valence-corrected chi connectivity index (χ3v) is 5.40. The van der Waals surface area contributed by atoms with Crippen LogP contribution < -0.4 is 0 Å². The van der Waals surface area contributed by atoms with Gasteiger partial charge in [0.2, 0.25) is 0 Å². The summed E-state index contributed by atoms with van der Waals surface area (Å²) in [6, 6.07) is 0. The molecule has 24 heavy (non-hydrogen) atoms. The number of nitrogens with zero attached hydrogens (tertiary/aromatic N) is 2. The van der Waals surface area contributed by atoms with E-state index in [1.807, 2.05) is 0 Å². The lowest BCUT2D eigenvalue weighted by molar-refractivity contribution is -0.835. The van der Waals surface area contributed by atoms with Crippen LogP contribution in [0.4, 0.5) is 0 Å². The summed E-state index contributed by atoms with van der Waals surface area (Å²) in [6.07, 6.45) is 19.1. The van der Waals surface area contributed by atoms with Crippen molar-refractivity contribution >= 4 is 5.84 Å². The van der Waals surface area contributed by atoms with Crippen LogP contribution in [0.25, 0.3) is 0 Å². The topological polar surface area (TPSA) is 32.6 Å². The quantitative estimate of drug-likeness (QED) is 0.252. The molecule has 0 amide bonds. The molecule has 1 aliphatic rings. The summed E-state index contributed by atoms with van der Waals surface area (Å²) < 4.78 is 0.946. The van der Waals surface area contributed by atoms with Gasteiger partial charge >= 0.3 is 0 Å². The number of aliphatic hydroxyl groups excluding tert-OH is 1. The Balaban J connectivity index is 2.00. The minimum atomic E-state index is 0.278. The monoisotopic (exact) mass is 337 g/mol. The van der Waals surface area contributed by atoms with Gasteiger partial charge in [0, 0.05) is 6.42 Å². The smallest absolute Gasteiger partial charge is 0.198 e. The van der Waals surface area contributed by atoms with Crippen LogP contribution in [-0.4, -0.2) is 48.2 Å². The molecule has 0 aliphatic carbocycles. The lowest BCUT2D eigenvalue weighted by Gasteiger charge is -2.33. The van der Waals surface area contributed by atoms with Gasteiger partial charge in [0.25, 0.3) is 0 Å². The van der Waals surface area contributed by atoms with E-state index in [-0.39, 0.29) is 6.61 Å². The van der Waals surface area contributed by atoms with Crippen molar-refractivity contribution in [2.45, 2.75) is 84.5 Å². The molecule has 0 saturated heterocycles. The van der Waals surface area contributed by atoms with Gasteiger partial charge in [-0.05, 0) is 32.6 Å². The Morgan fingerprint density at radius 2 is 1.62 bits per heavy atom. The number of rotatable bonds is 15. The number of hydrogen-bond acceptors (Lipinski definition) is 2. The second-order valence-corrected chi connectivity index (χ2v) is 7.20. The maximum atomic E-state index is 9.34. The van der Waals surface area contributed by atoms with Crippen molar-refractivity contribution in [3.63, 3.8) is 0 Å². The van der Waals surface area contributed by atoms with E-state index in [0.29, 0.717) is 0 Å². The van der Waals surface area contributed by atoms with Crippen molar-refractivity contribution < 1.29 is 9.59 Å². The van der Waals surface area contributed by atoms with E-state index in [1.54, 1.807) is 0 Å². The van der Waals surface area contributed by atoms with Crippen LogP contribution in [0.1, 0.15) is 84.5 Å². The Hall–Kier alpha value is -0.670. The van der Waals surface area contributed by atoms with Gasteiger partial charge in [0.15, 0.2) is 5.84 Å². The second-order valence-electron chi connectivity index (χ2n) is 7.20. The largest absolute Gasteiger partial charge is 0.390 e. The average Bonchev–Trinajstić information content (AvgIpc) is 2.99. The van der Waals surface area contributed by atoms with Gasteiger partial charge in [-0.1, -0.05) is 57.6 Å². The molecule has 0 spiro atoms. The maximum absolute atomic E-state index is 9.34. The average molecular weight is 338 g/mol. The van der Waals surface area contributed by atoms with E-state index in [1.165, 1.54) is 70.0 Å². The molecule has 1 rings (SSSR count). The van der Waals surface area contributed by atoms with Gasteiger partial charge in [0.1, 0.15) is 13.1 Å². The van der Waals surface area contributed by atoms with Crippen LogP contribution in [0, 0.1) is 0 Å². The first-order chi connectivity index (χ1) is 11.8. The highest BCUT2D eigenvalue weighted by Gasteiger charge is 2.35. The highest BCUT2D eigenvalue weighted by Crippen LogP contribution is 2.20. The summed E-state index contributed by atoms with van der Waals surface area (Å²) in [5, 5.41) is 9.34. The molecule has 3 heteroatoms. The molecule has 1 atom stereocenters. The van der Waals surface area contributed by atoms with Crippen LogP contribution >= 0.6 is 0 Å². The van der Waals surface area contributed by atoms with Crippen LogP contribution in [0.5, 0.6) is 0 Å². The third kappa shape index (κ3) is 7.94. The van der Waals surface area contributed by atoms with Gasteiger partial charge in [-0.3, -0.25) is 4.48 Å². The van der Waals surface area contributed by atoms with E-state index >= 15 is 0 Å². The molecule has 1 unspecified atom stereocenters. The molecule has 0 fully saturated rings. The molecule has 1 heterocycles. The SMILES string of the molecule is CCC/C=C/CCCCCCCCCC1=NCC[N+]1(CC)CCO. The Bertz CT molecular complexity index is 365. The molecule has 140 valence electrons. The normalized spacial score (nSPS) is 20.9. The molecular weight excluding hydrogens is 296 g/mol. The molecule has 0 aromatic heterocycles. The summed E-state index contributed by atoms with van der Waals surface area (Å²) in [5.41, 5.74) is 0. The number of unbranched alkanes of at least 4 members (excludes halogenated alkanes) is 8. The fourth-order valence-corrected chi connectivity index (χ4v) is 3.73. The standard InChI is InChI=1S/C21H41N2O/c1-3-5-6-7-8-9-10-11-12-13-14-15-16-21-22-17-18-23(21,4-2)19-20-24/h6-7,24H,3-5,8-20H2,1-2H3/q+1/b7-6+. The van der Waals surface area contributed by atoms with E-state index in [0.717, 1.165) is 37.1 Å². The van der Waals surface area contributed by atoms with Crippen molar-refractivity contribution in [3.05, 3.63) is 12.2 Å². The lowest BCUT2D eigenvalue weighted by atomic mass is 10.1. The van der Waals surface area contributed by atoms with Crippen LogP contribution in [0.3, 0.4) is 0 Å². The molecule has 0 aromatic rings. The zero-order valence-corrected chi connectivity index (χ0v) is 16.3. The molecule has 0 aromatic carbocycles. The lowest BCUT2D eigenvalue weighted by Crippen LogP contribution is -2.52. The minimum Gasteiger partial charge on any atom is -0.390 e. The predicted molar refractivity (Wildman–Crippen MR) is 106 cm³/mol. The Kier molecular flexibility index (Phi) is 12.1. The van der Waals surface area contributed by atoms with E-state index in [9.17, 15) is 5.11 Å². The van der Waals surface area contributed by atoms with Crippen molar-refractivity contribution in [3.8, 4) is 0 Å². The van der Waals surface area contributed by atoms with Crippen LogP contribution in [-0.2, 0) is 0 Å². The second kappa shape index (κ2) is 13.6. The Morgan fingerprint density at radius 1 is 0.958 bits per heavy atom. The first kappa shape index (κ1) is 21.4. The highest BCUT2D eigenvalue weighted by atomic mass is 16.3. The van der Waals surface area contributed by atoms with E-state index in [2.05, 4.69) is 26.0 Å². The Labute approximate surface area is 150 Å². The van der Waals surface area contributed by atoms with Crippen molar-refractivity contribution in [2.75, 3.05) is 32.8 Å². The summed E-state index contributed by atoms with van der Waals surface area (Å²) in [5.74, 6) is 1.35. The van der Waals surface area contributed by atoms with Crippen LogP contribution in [0.2, 0.25) is 0 Å². The number of hydrogen-bond donors (Lipinski definition) is 1. The number of amidine groups is 1. The molecule has 0 radical (unpaired) electrons. The number of aliphatic imine (C=N–C) groups is 1. The predicted octanol–water partition coefficient (Wildman–Crippen LogP) is 5.09. The third-order valence-electron chi connectivity index (χ3n) is 5.40. The van der Waals surface area contributed by atoms with Crippen molar-refractivity contribution in [1.29, 1.82) is 0 Å². The zero-order valence-electron chi connectivity index (χ0n) is 16.3. The van der Waals surface area contributed by atoms with Gasteiger partial charge in [-0.15, -0.1) is 0 Å². The molecule has 3 nitrogen and oxygen atoms in total. The number of quaternary nitrogens is 1. The van der Waals surface area contributed by atoms with Gasteiger partial charge < -0.3 is 5.11 Å². The van der Waals surface area contributed by atoms with Gasteiger partial charge in [-0.25, -0.2) is 4.99 Å². The zero-order chi connectivity index (χ0) is 17.5. The molecule has 1 N–H and O–H groups in total. The summed E-state index contributed by atoms with van der Waals surface area (Å²) in [4.78, 5) is 4.74. The summed E-state index contributed by atoms with van der Waals surface area (Å²) in [6.45, 7) is 8.72. The van der Waals surface area contributed by atoms with E-state index < -0.39 is 0 Å². The minimum absolute atomic E-state index is 0.278. The van der Waals surface area contributed by atoms with Gasteiger partial charge in [-0.2, -0.15) is 0 Å². The first-order valence-corrected chi connectivity index (χ1v) is 10.4. The van der Waals surface area contributed by atoms with Crippen molar-refractivity contribution in [1.82, 2.24) is 0 Å². The summed E-state index contributed by atoms with van der Waals surface area (Å²) >= 11 is 0. The molecule has 0 saturated carbocycles. The number of aliphatic hydroxyl groups is 1.